The number of ether oxygens (including phenoxy) is 1. The van der Waals surface area contributed by atoms with E-state index in [0.29, 0.717) is 0 Å². The van der Waals surface area contributed by atoms with Gasteiger partial charge in [-0.05, 0) is 31.5 Å². The first-order valence-electron chi connectivity index (χ1n) is 9.56. The second kappa shape index (κ2) is 11.4. The molecule has 160 valence electrons. The topological polar surface area (TPSA) is 67.6 Å². The van der Waals surface area contributed by atoms with E-state index < -0.39 is 0 Å². The van der Waals surface area contributed by atoms with Crippen LogP contribution in [-0.2, 0) is 9.53 Å². The van der Waals surface area contributed by atoms with Gasteiger partial charge in [0, 0.05) is 19.1 Å². The van der Waals surface area contributed by atoms with Gasteiger partial charge in [0.15, 0.2) is 0 Å². The summed E-state index contributed by atoms with van der Waals surface area (Å²) in [6, 6.07) is 17.3. The number of hydrogen-bond donors (Lipinski definition) is 2. The normalized spacial score (nSPS) is 20.6. The van der Waals surface area contributed by atoms with Crippen LogP contribution in [-0.4, -0.2) is 31.2 Å². The minimum Gasteiger partial charge on any atom is -0.372 e. The number of para-hydroxylation sites is 2. The number of anilines is 2. The number of nitrogens with one attached hydrogen (secondary N) is 1. The highest BCUT2D eigenvalue weighted by molar-refractivity contribution is 5.96. The monoisotopic (exact) mass is 439 g/mol. The van der Waals surface area contributed by atoms with Crippen molar-refractivity contribution in [1.82, 2.24) is 0 Å². The predicted octanol–water partition coefficient (Wildman–Crippen LogP) is 4.42. The minimum absolute atomic E-state index is 0. The molecule has 0 spiro atoms. The lowest BCUT2D eigenvalue weighted by Gasteiger charge is -2.37. The maximum atomic E-state index is 12.9. The molecule has 7 heteroatoms. The van der Waals surface area contributed by atoms with Gasteiger partial charge in [0.25, 0.3) is 0 Å². The molecule has 2 aromatic rings. The van der Waals surface area contributed by atoms with E-state index in [1.54, 1.807) is 0 Å². The molecule has 1 fully saturated rings. The van der Waals surface area contributed by atoms with Gasteiger partial charge in [-0.2, -0.15) is 0 Å². The van der Waals surface area contributed by atoms with Gasteiger partial charge in [-0.25, -0.2) is 0 Å². The van der Waals surface area contributed by atoms with E-state index >= 15 is 0 Å². The van der Waals surface area contributed by atoms with Crippen LogP contribution >= 0.6 is 24.8 Å². The first-order valence-corrected chi connectivity index (χ1v) is 9.56. The van der Waals surface area contributed by atoms with Crippen molar-refractivity contribution in [3.8, 4) is 0 Å². The SMILES string of the molecule is CC1CN(c2ccccc2NC(=O)C(C)C(N)c2ccccc2)CC(C)O1.Cl.Cl. The minimum atomic E-state index is -0.346. The fraction of sp³-hybridized carbons (Fsp3) is 0.409. The Bertz CT molecular complexity index is 766. The molecule has 29 heavy (non-hydrogen) atoms. The second-order valence-electron chi connectivity index (χ2n) is 7.39. The second-order valence-corrected chi connectivity index (χ2v) is 7.39. The molecule has 0 bridgehead atoms. The molecule has 1 aliphatic heterocycles. The summed E-state index contributed by atoms with van der Waals surface area (Å²) in [7, 11) is 0. The number of carbonyl (C=O) groups is 1. The standard InChI is InChI=1S/C22H29N3O2.2ClH/c1-15-13-25(14-16(2)27-15)20-12-8-7-11-19(20)24-22(26)17(3)21(23)18-9-5-4-6-10-18;;/h4-12,15-17,21H,13-14,23H2,1-3H3,(H,24,26);2*1H. The van der Waals surface area contributed by atoms with Crippen molar-refractivity contribution < 1.29 is 9.53 Å². The Morgan fingerprint density at radius 2 is 1.59 bits per heavy atom. The van der Waals surface area contributed by atoms with E-state index in [2.05, 4.69) is 24.1 Å². The van der Waals surface area contributed by atoms with Crippen molar-refractivity contribution in [2.24, 2.45) is 11.7 Å². The highest BCUT2D eigenvalue weighted by Gasteiger charge is 2.26. The van der Waals surface area contributed by atoms with Gasteiger partial charge in [-0.3, -0.25) is 4.79 Å². The van der Waals surface area contributed by atoms with E-state index in [1.165, 1.54) is 0 Å². The molecule has 0 saturated carbocycles. The summed E-state index contributed by atoms with van der Waals surface area (Å²) in [6.45, 7) is 7.62. The van der Waals surface area contributed by atoms with Gasteiger partial charge in [0.1, 0.15) is 0 Å². The lowest BCUT2D eigenvalue weighted by Crippen LogP contribution is -2.45. The molecule has 4 atom stereocenters. The Balaban J connectivity index is 0.00000210. The molecule has 5 nitrogen and oxygen atoms in total. The lowest BCUT2D eigenvalue weighted by molar-refractivity contribution is -0.120. The van der Waals surface area contributed by atoms with Crippen LogP contribution in [0.25, 0.3) is 0 Å². The molecule has 3 rings (SSSR count). The van der Waals surface area contributed by atoms with Gasteiger partial charge in [-0.1, -0.05) is 49.4 Å². The molecule has 1 heterocycles. The third kappa shape index (κ3) is 6.34. The van der Waals surface area contributed by atoms with Crippen LogP contribution in [0.4, 0.5) is 11.4 Å². The molecule has 0 radical (unpaired) electrons. The number of hydrogen-bond acceptors (Lipinski definition) is 4. The number of rotatable bonds is 5. The molecule has 1 amide bonds. The zero-order chi connectivity index (χ0) is 19.4. The summed E-state index contributed by atoms with van der Waals surface area (Å²) in [6.07, 6.45) is 0.311. The molecule has 3 N–H and O–H groups in total. The fourth-order valence-corrected chi connectivity index (χ4v) is 3.60. The van der Waals surface area contributed by atoms with Crippen molar-refractivity contribution in [2.45, 2.75) is 39.0 Å². The zero-order valence-corrected chi connectivity index (χ0v) is 18.7. The zero-order valence-electron chi connectivity index (χ0n) is 17.1. The van der Waals surface area contributed by atoms with Crippen LogP contribution in [0.3, 0.4) is 0 Å². The fourth-order valence-electron chi connectivity index (χ4n) is 3.60. The number of carbonyl (C=O) groups excluding carboxylic acids is 1. The molecular weight excluding hydrogens is 409 g/mol. The molecule has 1 aliphatic rings. The van der Waals surface area contributed by atoms with Crippen LogP contribution in [0.15, 0.2) is 54.6 Å². The smallest absolute Gasteiger partial charge is 0.229 e. The summed E-state index contributed by atoms with van der Waals surface area (Å²) in [5.74, 6) is -0.420. The van der Waals surface area contributed by atoms with Crippen molar-refractivity contribution in [3.05, 3.63) is 60.2 Å². The lowest BCUT2D eigenvalue weighted by atomic mass is 9.94. The summed E-state index contributed by atoms with van der Waals surface area (Å²) in [5, 5.41) is 3.09. The Kier molecular flexibility index (Phi) is 9.93. The number of amides is 1. The number of benzene rings is 2. The highest BCUT2D eigenvalue weighted by atomic mass is 35.5. The highest BCUT2D eigenvalue weighted by Crippen LogP contribution is 2.30. The van der Waals surface area contributed by atoms with Crippen molar-refractivity contribution in [1.29, 1.82) is 0 Å². The third-order valence-electron chi connectivity index (χ3n) is 5.06. The predicted molar refractivity (Wildman–Crippen MR) is 124 cm³/mol. The van der Waals surface area contributed by atoms with Gasteiger partial charge >= 0.3 is 0 Å². The molecule has 0 aliphatic carbocycles. The van der Waals surface area contributed by atoms with E-state index in [0.717, 1.165) is 30.0 Å². The molecular formula is C22H31Cl2N3O2. The molecule has 2 aromatic carbocycles. The van der Waals surface area contributed by atoms with Crippen LogP contribution in [0.5, 0.6) is 0 Å². The van der Waals surface area contributed by atoms with Crippen LogP contribution in [0, 0.1) is 5.92 Å². The quantitative estimate of drug-likeness (QED) is 0.723. The Hall–Kier alpha value is -1.79. The first-order chi connectivity index (χ1) is 13.0. The molecule has 0 aromatic heterocycles. The summed E-state index contributed by atoms with van der Waals surface area (Å²) >= 11 is 0. The third-order valence-corrected chi connectivity index (χ3v) is 5.06. The molecule has 4 unspecified atom stereocenters. The first kappa shape index (κ1) is 25.2. The van der Waals surface area contributed by atoms with Gasteiger partial charge in [-0.15, -0.1) is 24.8 Å². The van der Waals surface area contributed by atoms with Gasteiger partial charge < -0.3 is 20.7 Å². The van der Waals surface area contributed by atoms with Gasteiger partial charge in [0.2, 0.25) is 5.91 Å². The summed E-state index contributed by atoms with van der Waals surface area (Å²) in [5.41, 5.74) is 9.12. The number of nitrogens with zero attached hydrogens (tertiary/aromatic N) is 1. The van der Waals surface area contributed by atoms with Crippen molar-refractivity contribution in [2.75, 3.05) is 23.3 Å². The van der Waals surface area contributed by atoms with E-state index in [-0.39, 0.29) is 54.9 Å². The average molecular weight is 440 g/mol. The number of morpholine rings is 1. The Morgan fingerprint density at radius 1 is 1.03 bits per heavy atom. The Labute approximate surface area is 185 Å². The van der Waals surface area contributed by atoms with E-state index in [1.807, 2.05) is 61.5 Å². The molecule has 1 saturated heterocycles. The largest absolute Gasteiger partial charge is 0.372 e. The maximum absolute atomic E-state index is 12.9. The van der Waals surface area contributed by atoms with Crippen molar-refractivity contribution >= 4 is 42.1 Å². The maximum Gasteiger partial charge on any atom is 0.229 e. The van der Waals surface area contributed by atoms with E-state index in [4.69, 9.17) is 10.5 Å². The Morgan fingerprint density at radius 3 is 2.21 bits per heavy atom. The van der Waals surface area contributed by atoms with Crippen LogP contribution in [0.2, 0.25) is 0 Å². The van der Waals surface area contributed by atoms with Crippen molar-refractivity contribution in [3.63, 3.8) is 0 Å². The van der Waals surface area contributed by atoms with Crippen LogP contribution < -0.4 is 16.0 Å². The van der Waals surface area contributed by atoms with Crippen LogP contribution in [0.1, 0.15) is 32.4 Å². The summed E-state index contributed by atoms with van der Waals surface area (Å²) in [4.78, 5) is 15.1. The van der Waals surface area contributed by atoms with Gasteiger partial charge in [0.05, 0.1) is 29.5 Å². The average Bonchev–Trinajstić information content (AvgIpc) is 2.67. The summed E-state index contributed by atoms with van der Waals surface area (Å²) < 4.78 is 5.83. The van der Waals surface area contributed by atoms with E-state index in [9.17, 15) is 4.79 Å². The number of halogens is 2. The number of nitrogens with two attached hydrogens (primary N) is 1.